The molecule has 0 spiro atoms. The molecule has 0 unspecified atom stereocenters. The Morgan fingerprint density at radius 2 is 2.03 bits per heavy atom. The van der Waals surface area contributed by atoms with E-state index in [4.69, 9.17) is 16.3 Å². The molecule has 1 N–H and O–H groups in total. The molecule has 0 bridgehead atoms. The normalized spacial score (nSPS) is 15.0. The summed E-state index contributed by atoms with van der Waals surface area (Å²) in [6, 6.07) is 15.3. The van der Waals surface area contributed by atoms with Crippen LogP contribution in [0.3, 0.4) is 0 Å². The molecule has 2 aromatic carbocycles. The van der Waals surface area contributed by atoms with E-state index in [2.05, 4.69) is 28.3 Å². The van der Waals surface area contributed by atoms with E-state index < -0.39 is 0 Å². The van der Waals surface area contributed by atoms with E-state index in [1.807, 2.05) is 35.2 Å². The third kappa shape index (κ3) is 3.68. The Hall–Kier alpha value is -3.25. The minimum Gasteiger partial charge on any atom is -0.489 e. The molecule has 5 rings (SSSR count). The SMILES string of the molecule is CN1CCCc2ccc(NC(=O)c3cccc4c3OCCN4c3ncccc3Cl)cc21. The second-order valence-electron chi connectivity index (χ2n) is 7.79. The predicted octanol–water partition coefficient (Wildman–Crippen LogP) is 4.90. The van der Waals surface area contributed by atoms with Crippen molar-refractivity contribution in [3.63, 3.8) is 0 Å². The van der Waals surface area contributed by atoms with Crippen molar-refractivity contribution in [2.75, 3.05) is 41.9 Å². The number of carbonyl (C=O) groups excluding carboxylic acids is 1. The maximum absolute atomic E-state index is 13.2. The predicted molar refractivity (Wildman–Crippen MR) is 124 cm³/mol. The first-order valence-corrected chi connectivity index (χ1v) is 10.8. The van der Waals surface area contributed by atoms with E-state index in [9.17, 15) is 4.79 Å². The number of para-hydroxylation sites is 1. The highest BCUT2D eigenvalue weighted by Gasteiger charge is 2.27. The van der Waals surface area contributed by atoms with Crippen LogP contribution in [0.2, 0.25) is 5.02 Å². The van der Waals surface area contributed by atoms with Crippen LogP contribution in [0.4, 0.5) is 22.9 Å². The maximum atomic E-state index is 13.2. The summed E-state index contributed by atoms with van der Waals surface area (Å²) in [6.45, 7) is 2.07. The van der Waals surface area contributed by atoms with Crippen LogP contribution < -0.4 is 19.9 Å². The third-order valence-corrected chi connectivity index (χ3v) is 6.07. The lowest BCUT2D eigenvalue weighted by Gasteiger charge is -2.32. The number of fused-ring (bicyclic) bond motifs is 2. The van der Waals surface area contributed by atoms with Crippen LogP contribution in [-0.4, -0.2) is 37.6 Å². The Morgan fingerprint density at radius 1 is 1.13 bits per heavy atom. The van der Waals surface area contributed by atoms with E-state index in [0.29, 0.717) is 35.3 Å². The van der Waals surface area contributed by atoms with Gasteiger partial charge in [0.25, 0.3) is 5.91 Å². The van der Waals surface area contributed by atoms with Gasteiger partial charge in [0, 0.05) is 31.2 Å². The summed E-state index contributed by atoms with van der Waals surface area (Å²) in [6.07, 6.45) is 3.93. The van der Waals surface area contributed by atoms with Gasteiger partial charge in [-0.05, 0) is 54.8 Å². The number of aryl methyl sites for hydroxylation is 1. The van der Waals surface area contributed by atoms with Gasteiger partial charge in [-0.3, -0.25) is 4.79 Å². The zero-order valence-electron chi connectivity index (χ0n) is 17.3. The first-order chi connectivity index (χ1) is 15.1. The van der Waals surface area contributed by atoms with E-state index >= 15 is 0 Å². The lowest BCUT2D eigenvalue weighted by atomic mass is 10.0. The highest BCUT2D eigenvalue weighted by molar-refractivity contribution is 6.33. The number of benzene rings is 2. The van der Waals surface area contributed by atoms with Crippen molar-refractivity contribution in [2.24, 2.45) is 0 Å². The van der Waals surface area contributed by atoms with Gasteiger partial charge in [-0.25, -0.2) is 4.98 Å². The molecule has 1 amide bonds. The van der Waals surface area contributed by atoms with Crippen molar-refractivity contribution >= 4 is 40.4 Å². The fraction of sp³-hybridized carbons (Fsp3) is 0.250. The van der Waals surface area contributed by atoms with Crippen LogP contribution in [0.25, 0.3) is 0 Å². The molecule has 2 aliphatic heterocycles. The molecular weight excluding hydrogens is 412 g/mol. The molecule has 0 atom stereocenters. The molecule has 158 valence electrons. The smallest absolute Gasteiger partial charge is 0.259 e. The molecule has 0 fully saturated rings. The largest absolute Gasteiger partial charge is 0.489 e. The number of hydrogen-bond donors (Lipinski definition) is 1. The number of pyridine rings is 1. The monoisotopic (exact) mass is 434 g/mol. The van der Waals surface area contributed by atoms with Crippen LogP contribution in [0.15, 0.2) is 54.7 Å². The molecule has 0 radical (unpaired) electrons. The summed E-state index contributed by atoms with van der Waals surface area (Å²) in [4.78, 5) is 21.8. The second-order valence-corrected chi connectivity index (χ2v) is 8.19. The number of nitrogens with one attached hydrogen (secondary N) is 1. The van der Waals surface area contributed by atoms with Gasteiger partial charge in [-0.15, -0.1) is 0 Å². The van der Waals surface area contributed by atoms with E-state index in [1.165, 1.54) is 11.3 Å². The summed E-state index contributed by atoms with van der Waals surface area (Å²) < 4.78 is 5.93. The Bertz CT molecular complexity index is 1150. The lowest BCUT2D eigenvalue weighted by molar-refractivity contribution is 0.102. The van der Waals surface area contributed by atoms with E-state index in [1.54, 1.807) is 18.3 Å². The molecular formula is C24H23ClN4O2. The van der Waals surface area contributed by atoms with Crippen LogP contribution in [0.5, 0.6) is 5.75 Å². The molecule has 0 saturated heterocycles. The Kier molecular flexibility index (Phi) is 5.16. The minimum absolute atomic E-state index is 0.204. The van der Waals surface area contributed by atoms with Crippen LogP contribution in [-0.2, 0) is 6.42 Å². The molecule has 2 aliphatic rings. The number of carbonyl (C=O) groups is 1. The Morgan fingerprint density at radius 3 is 2.90 bits per heavy atom. The fourth-order valence-electron chi connectivity index (χ4n) is 4.26. The first kappa shape index (κ1) is 19.7. The molecule has 3 heterocycles. The van der Waals surface area contributed by atoms with Crippen LogP contribution in [0, 0.1) is 0 Å². The Balaban J connectivity index is 1.45. The summed E-state index contributed by atoms with van der Waals surface area (Å²) in [5, 5.41) is 3.60. The van der Waals surface area contributed by atoms with Gasteiger partial charge in [0.15, 0.2) is 11.6 Å². The number of nitrogens with zero attached hydrogens (tertiary/aromatic N) is 3. The summed E-state index contributed by atoms with van der Waals surface area (Å²) in [5.41, 5.74) is 4.53. The minimum atomic E-state index is -0.204. The molecule has 1 aromatic heterocycles. The van der Waals surface area contributed by atoms with Gasteiger partial charge in [-0.2, -0.15) is 0 Å². The number of aromatic nitrogens is 1. The van der Waals surface area contributed by atoms with Crippen molar-refractivity contribution in [1.29, 1.82) is 0 Å². The van der Waals surface area contributed by atoms with Crippen LogP contribution >= 0.6 is 11.6 Å². The number of rotatable bonds is 3. The summed E-state index contributed by atoms with van der Waals surface area (Å²) >= 11 is 6.38. The number of amides is 1. The average molecular weight is 435 g/mol. The quantitative estimate of drug-likeness (QED) is 0.635. The fourth-order valence-corrected chi connectivity index (χ4v) is 4.48. The first-order valence-electron chi connectivity index (χ1n) is 10.4. The average Bonchev–Trinajstić information content (AvgIpc) is 2.79. The van der Waals surface area contributed by atoms with Crippen molar-refractivity contribution in [3.05, 3.63) is 70.9 Å². The molecule has 3 aromatic rings. The van der Waals surface area contributed by atoms with Crippen molar-refractivity contribution in [3.8, 4) is 5.75 Å². The highest BCUT2D eigenvalue weighted by Crippen LogP contribution is 2.40. The number of halogens is 1. The van der Waals surface area contributed by atoms with Gasteiger partial charge >= 0.3 is 0 Å². The van der Waals surface area contributed by atoms with Crippen molar-refractivity contribution in [1.82, 2.24) is 4.98 Å². The topological polar surface area (TPSA) is 57.7 Å². The number of hydrogen-bond acceptors (Lipinski definition) is 5. The van der Waals surface area contributed by atoms with E-state index in [-0.39, 0.29) is 5.91 Å². The maximum Gasteiger partial charge on any atom is 0.259 e. The van der Waals surface area contributed by atoms with Crippen molar-refractivity contribution in [2.45, 2.75) is 12.8 Å². The summed E-state index contributed by atoms with van der Waals surface area (Å²) in [5.74, 6) is 0.997. The molecule has 31 heavy (non-hydrogen) atoms. The number of anilines is 4. The van der Waals surface area contributed by atoms with Gasteiger partial charge in [0.05, 0.1) is 22.8 Å². The van der Waals surface area contributed by atoms with E-state index in [0.717, 1.165) is 30.8 Å². The molecule has 7 heteroatoms. The zero-order chi connectivity index (χ0) is 21.4. The molecule has 6 nitrogen and oxygen atoms in total. The molecule has 0 aliphatic carbocycles. The third-order valence-electron chi connectivity index (χ3n) is 5.78. The van der Waals surface area contributed by atoms with Gasteiger partial charge in [0.2, 0.25) is 0 Å². The van der Waals surface area contributed by atoms with Gasteiger partial charge in [-0.1, -0.05) is 23.7 Å². The van der Waals surface area contributed by atoms with Gasteiger partial charge in [0.1, 0.15) is 6.61 Å². The Labute approximate surface area is 186 Å². The van der Waals surface area contributed by atoms with Gasteiger partial charge < -0.3 is 19.9 Å². The number of ether oxygens (including phenoxy) is 1. The standard InChI is InChI=1S/C24H23ClN4O2/c1-28-12-4-5-16-9-10-17(15-21(16)28)27-24(30)18-6-2-8-20-22(18)31-14-13-29(20)23-19(25)7-3-11-26-23/h2-3,6-11,15H,4-5,12-14H2,1H3,(H,27,30). The lowest BCUT2D eigenvalue weighted by Crippen LogP contribution is -2.30. The zero-order valence-corrected chi connectivity index (χ0v) is 18.0. The molecule has 0 saturated carbocycles. The van der Waals surface area contributed by atoms with Crippen LogP contribution in [0.1, 0.15) is 22.3 Å². The van der Waals surface area contributed by atoms with Crippen molar-refractivity contribution < 1.29 is 9.53 Å². The summed E-state index contributed by atoms with van der Waals surface area (Å²) in [7, 11) is 2.09. The second kappa shape index (κ2) is 8.12. The highest BCUT2D eigenvalue weighted by atomic mass is 35.5.